The molecule has 0 spiro atoms. The minimum absolute atomic E-state index is 0.572. The van der Waals surface area contributed by atoms with E-state index in [1.54, 1.807) is 0 Å². The molecular weight excluding hydrogens is 181 g/mol. The molecule has 0 aliphatic rings. The molecule has 1 aromatic heterocycles. The fourth-order valence-electron chi connectivity index (χ4n) is 0.483. The van der Waals surface area contributed by atoms with E-state index in [9.17, 15) is 17.4 Å². The Morgan fingerprint density at radius 3 is 2.45 bits per heavy atom. The SMILES string of the molecule is O=S(c1ccco1)C(F)(F)F. The second kappa shape index (κ2) is 2.69. The van der Waals surface area contributed by atoms with Gasteiger partial charge in [-0.2, -0.15) is 13.2 Å². The average Bonchev–Trinajstić information content (AvgIpc) is 2.34. The highest BCUT2D eigenvalue weighted by Crippen LogP contribution is 2.25. The molecule has 1 rings (SSSR count). The Morgan fingerprint density at radius 1 is 1.45 bits per heavy atom. The minimum Gasteiger partial charge on any atom is -0.455 e. The van der Waals surface area contributed by atoms with Gasteiger partial charge >= 0.3 is 5.51 Å². The van der Waals surface area contributed by atoms with Crippen molar-refractivity contribution in [3.05, 3.63) is 18.4 Å². The van der Waals surface area contributed by atoms with E-state index >= 15 is 0 Å². The van der Waals surface area contributed by atoms with Crippen LogP contribution in [0.3, 0.4) is 0 Å². The Balaban J connectivity index is 2.88. The Labute approximate surface area is 62.5 Å². The van der Waals surface area contributed by atoms with Gasteiger partial charge in [0.05, 0.1) is 6.26 Å². The van der Waals surface area contributed by atoms with Gasteiger partial charge in [-0.3, -0.25) is 0 Å². The number of rotatable bonds is 1. The van der Waals surface area contributed by atoms with Gasteiger partial charge in [-0.05, 0) is 12.1 Å². The van der Waals surface area contributed by atoms with Crippen LogP contribution < -0.4 is 0 Å². The molecule has 1 unspecified atom stereocenters. The van der Waals surface area contributed by atoms with Crippen molar-refractivity contribution in [3.63, 3.8) is 0 Å². The molecule has 0 fully saturated rings. The van der Waals surface area contributed by atoms with Gasteiger partial charge in [0.25, 0.3) is 0 Å². The van der Waals surface area contributed by atoms with Crippen molar-refractivity contribution in [1.82, 2.24) is 0 Å². The largest absolute Gasteiger partial charge is 0.478 e. The van der Waals surface area contributed by atoms with Crippen molar-refractivity contribution in [2.24, 2.45) is 0 Å². The maximum absolute atomic E-state index is 11.7. The Morgan fingerprint density at radius 2 is 2.09 bits per heavy atom. The van der Waals surface area contributed by atoms with Crippen LogP contribution in [0.5, 0.6) is 0 Å². The highest BCUT2D eigenvalue weighted by atomic mass is 32.2. The molecule has 1 aromatic rings. The van der Waals surface area contributed by atoms with Crippen LogP contribution in [0.4, 0.5) is 13.2 Å². The quantitative estimate of drug-likeness (QED) is 0.667. The molecule has 11 heavy (non-hydrogen) atoms. The molecule has 62 valence electrons. The lowest BCUT2D eigenvalue weighted by Crippen LogP contribution is -2.15. The lowest BCUT2D eigenvalue weighted by molar-refractivity contribution is -0.0393. The van der Waals surface area contributed by atoms with E-state index in [-0.39, 0.29) is 0 Å². The summed E-state index contributed by atoms with van der Waals surface area (Å²) in [7, 11) is -3.04. The van der Waals surface area contributed by atoms with E-state index in [1.807, 2.05) is 0 Å². The van der Waals surface area contributed by atoms with Gasteiger partial charge in [0, 0.05) is 0 Å². The van der Waals surface area contributed by atoms with Gasteiger partial charge in [-0.15, -0.1) is 0 Å². The summed E-state index contributed by atoms with van der Waals surface area (Å²) in [5, 5.41) is -0.572. The number of hydrogen-bond donors (Lipinski definition) is 0. The summed E-state index contributed by atoms with van der Waals surface area (Å²) in [5.74, 6) is 0. The van der Waals surface area contributed by atoms with Crippen molar-refractivity contribution in [1.29, 1.82) is 0 Å². The van der Waals surface area contributed by atoms with Crippen molar-refractivity contribution >= 4 is 10.8 Å². The van der Waals surface area contributed by atoms with Crippen molar-refractivity contribution in [2.75, 3.05) is 0 Å². The monoisotopic (exact) mass is 184 g/mol. The first-order chi connectivity index (χ1) is 5.02. The number of alkyl halides is 3. The zero-order valence-corrected chi connectivity index (χ0v) is 5.91. The lowest BCUT2D eigenvalue weighted by Gasteiger charge is -2.01. The molecule has 0 bridgehead atoms. The topological polar surface area (TPSA) is 30.2 Å². The second-order valence-electron chi connectivity index (χ2n) is 1.65. The third-order valence-electron chi connectivity index (χ3n) is 0.888. The lowest BCUT2D eigenvalue weighted by atomic mass is 10.7. The zero-order chi connectivity index (χ0) is 8.48. The van der Waals surface area contributed by atoms with Gasteiger partial charge in [0.2, 0.25) is 0 Å². The highest BCUT2D eigenvalue weighted by molar-refractivity contribution is 7.85. The predicted octanol–water partition coefficient (Wildman–Crippen LogP) is 1.91. The van der Waals surface area contributed by atoms with Crippen LogP contribution in [0.15, 0.2) is 27.9 Å². The van der Waals surface area contributed by atoms with Gasteiger partial charge in [0.15, 0.2) is 15.9 Å². The normalized spacial score (nSPS) is 14.8. The van der Waals surface area contributed by atoms with Gasteiger partial charge in [-0.25, -0.2) is 4.21 Å². The molecule has 0 aliphatic carbocycles. The molecule has 0 amide bonds. The van der Waals surface area contributed by atoms with E-state index in [0.29, 0.717) is 0 Å². The fraction of sp³-hybridized carbons (Fsp3) is 0.200. The first-order valence-electron chi connectivity index (χ1n) is 2.54. The van der Waals surface area contributed by atoms with Crippen LogP contribution >= 0.6 is 0 Å². The molecule has 1 atom stereocenters. The maximum Gasteiger partial charge on any atom is 0.478 e. The molecule has 0 radical (unpaired) electrons. The minimum atomic E-state index is -4.74. The number of halogens is 3. The van der Waals surface area contributed by atoms with Gasteiger partial charge < -0.3 is 4.42 Å². The third kappa shape index (κ3) is 1.83. The van der Waals surface area contributed by atoms with E-state index in [2.05, 4.69) is 4.42 Å². The molecule has 0 saturated heterocycles. The number of furan rings is 1. The molecule has 0 aliphatic heterocycles. The molecule has 6 heteroatoms. The average molecular weight is 184 g/mol. The van der Waals surface area contributed by atoms with E-state index in [0.717, 1.165) is 12.3 Å². The van der Waals surface area contributed by atoms with Gasteiger partial charge in [0.1, 0.15) is 0 Å². The fourth-order valence-corrected chi connectivity index (χ4v) is 1.06. The third-order valence-corrected chi connectivity index (χ3v) is 1.91. The van der Waals surface area contributed by atoms with Crippen LogP contribution in [0, 0.1) is 0 Å². The summed E-state index contributed by atoms with van der Waals surface area (Å²) in [6.45, 7) is 0. The summed E-state index contributed by atoms with van der Waals surface area (Å²) in [4.78, 5) is 0. The van der Waals surface area contributed by atoms with Crippen LogP contribution in [0.1, 0.15) is 0 Å². The summed E-state index contributed by atoms with van der Waals surface area (Å²) >= 11 is 0. The molecule has 1 heterocycles. The number of hydrogen-bond acceptors (Lipinski definition) is 2. The first-order valence-corrected chi connectivity index (χ1v) is 3.69. The Bertz CT molecular complexity index is 251. The van der Waals surface area contributed by atoms with Crippen LogP contribution in [0.25, 0.3) is 0 Å². The Kier molecular flexibility index (Phi) is 2.03. The predicted molar refractivity (Wildman–Crippen MR) is 31.2 cm³/mol. The summed E-state index contributed by atoms with van der Waals surface area (Å²) in [5.41, 5.74) is -4.74. The molecule has 2 nitrogen and oxygen atoms in total. The zero-order valence-electron chi connectivity index (χ0n) is 5.09. The Hall–Kier alpha value is -0.780. The summed E-state index contributed by atoms with van der Waals surface area (Å²) in [6, 6.07) is 2.27. The van der Waals surface area contributed by atoms with Crippen molar-refractivity contribution in [2.45, 2.75) is 10.6 Å². The molecular formula is C5H3F3O2S. The van der Waals surface area contributed by atoms with Crippen LogP contribution in [-0.2, 0) is 10.8 Å². The van der Waals surface area contributed by atoms with Crippen molar-refractivity contribution in [3.8, 4) is 0 Å². The standard InChI is InChI=1S/C5H3F3O2S/c6-5(7,8)11(9)4-2-1-3-10-4/h1-3H. The highest BCUT2D eigenvalue weighted by Gasteiger charge is 2.39. The first kappa shape index (κ1) is 8.32. The van der Waals surface area contributed by atoms with Crippen LogP contribution in [0.2, 0.25) is 0 Å². The molecule has 0 N–H and O–H groups in total. The van der Waals surface area contributed by atoms with Crippen molar-refractivity contribution < 1.29 is 21.8 Å². The van der Waals surface area contributed by atoms with Gasteiger partial charge in [-0.1, -0.05) is 0 Å². The summed E-state index contributed by atoms with van der Waals surface area (Å²) in [6.07, 6.45) is 1.04. The van der Waals surface area contributed by atoms with E-state index in [4.69, 9.17) is 0 Å². The second-order valence-corrected chi connectivity index (χ2v) is 3.05. The van der Waals surface area contributed by atoms with E-state index < -0.39 is 21.4 Å². The van der Waals surface area contributed by atoms with E-state index in [1.165, 1.54) is 6.07 Å². The summed E-state index contributed by atoms with van der Waals surface area (Å²) < 4.78 is 49.7. The molecule has 0 aromatic carbocycles. The smallest absolute Gasteiger partial charge is 0.455 e. The van der Waals surface area contributed by atoms with Crippen LogP contribution in [-0.4, -0.2) is 9.72 Å². The maximum atomic E-state index is 11.7. The molecule has 0 saturated carbocycles.